The van der Waals surface area contributed by atoms with Crippen molar-refractivity contribution in [3.05, 3.63) is 34.1 Å². The Labute approximate surface area is 155 Å². The minimum absolute atomic E-state index is 0.0453. The topological polar surface area (TPSA) is 113 Å². The number of hydrogen-bond acceptors (Lipinski definition) is 7. The molecule has 7 nitrogen and oxygen atoms in total. The first-order valence-electron chi connectivity index (χ1n) is 8.57. The maximum absolute atomic E-state index is 13.4. The van der Waals surface area contributed by atoms with Gasteiger partial charge in [-0.2, -0.15) is 0 Å². The number of rotatable bonds is 1. The smallest absolute Gasteiger partial charge is 0.207 e. The van der Waals surface area contributed by atoms with Gasteiger partial charge in [-0.05, 0) is 25.5 Å². The molecule has 0 radical (unpaired) electrons. The molecule has 4 rings (SSSR count). The molecule has 1 aromatic rings. The molecule has 3 N–H and O–H groups in total. The Morgan fingerprint density at radius 2 is 1.70 bits per heavy atom. The predicted octanol–water partition coefficient (Wildman–Crippen LogP) is 2.33. The Kier molecular flexibility index (Phi) is 3.21. The number of methoxy groups -OCH3 is 1. The van der Waals surface area contributed by atoms with E-state index in [1.165, 1.54) is 13.2 Å². The summed E-state index contributed by atoms with van der Waals surface area (Å²) in [5.74, 6) is -2.80. The second-order valence-electron chi connectivity index (χ2n) is 7.77. The van der Waals surface area contributed by atoms with Gasteiger partial charge >= 0.3 is 0 Å². The molecule has 2 atom stereocenters. The Morgan fingerprint density at radius 3 is 2.30 bits per heavy atom. The van der Waals surface area contributed by atoms with Crippen molar-refractivity contribution in [2.24, 2.45) is 5.41 Å². The van der Waals surface area contributed by atoms with E-state index in [1.54, 1.807) is 27.7 Å². The quantitative estimate of drug-likeness (QED) is 0.693. The van der Waals surface area contributed by atoms with Crippen molar-refractivity contribution in [3.63, 3.8) is 0 Å². The fourth-order valence-corrected chi connectivity index (χ4v) is 4.25. The number of benzene rings is 1. The summed E-state index contributed by atoms with van der Waals surface area (Å²) in [4.78, 5) is 26.0. The van der Waals surface area contributed by atoms with E-state index < -0.39 is 40.2 Å². The van der Waals surface area contributed by atoms with Crippen molar-refractivity contribution in [1.82, 2.24) is 0 Å². The van der Waals surface area contributed by atoms with Gasteiger partial charge in [0.25, 0.3) is 0 Å². The average molecular weight is 372 g/mol. The molecule has 0 unspecified atom stereocenters. The predicted molar refractivity (Wildman–Crippen MR) is 94.9 cm³/mol. The second-order valence-corrected chi connectivity index (χ2v) is 7.77. The number of carbonyl (C=O) groups is 2. The number of aliphatic hydroxyl groups is 1. The van der Waals surface area contributed by atoms with E-state index in [0.717, 1.165) is 0 Å². The highest BCUT2D eigenvalue weighted by atomic mass is 16.5. The third-order valence-corrected chi connectivity index (χ3v) is 6.20. The Balaban J connectivity index is 2.25. The highest BCUT2D eigenvalue weighted by Gasteiger charge is 2.66. The lowest BCUT2D eigenvalue weighted by atomic mass is 9.63. The molecule has 1 aliphatic heterocycles. The van der Waals surface area contributed by atoms with Gasteiger partial charge in [0.2, 0.25) is 11.5 Å². The van der Waals surface area contributed by atoms with Crippen LogP contribution in [0.2, 0.25) is 0 Å². The van der Waals surface area contributed by atoms with E-state index in [2.05, 4.69) is 0 Å². The van der Waals surface area contributed by atoms with Crippen LogP contribution in [0.1, 0.15) is 54.0 Å². The number of Topliss-reactive ketones (excluding diaryl/α,β-unsaturated/α-hetero) is 1. The average Bonchev–Trinajstić information content (AvgIpc) is 2.75. The zero-order chi connectivity index (χ0) is 20.0. The normalized spacial score (nSPS) is 27.8. The summed E-state index contributed by atoms with van der Waals surface area (Å²) < 4.78 is 10.9. The molecule has 0 bridgehead atoms. The number of allylic oxidation sites excluding steroid dienone is 3. The van der Waals surface area contributed by atoms with Gasteiger partial charge in [0.15, 0.2) is 22.9 Å². The summed E-state index contributed by atoms with van der Waals surface area (Å²) in [6.45, 7) is 6.81. The third-order valence-electron chi connectivity index (χ3n) is 6.20. The number of phenolic OH excluding ortho intramolecular Hbond substituents is 2. The standard InChI is InChI=1S/C20H20O7/c1-7-6-9(21)11-12-10(7)18-20(25,19(3,4)8(2)27-18)17(24)13(12)15(23)16(26-5)14(11)22/h6,8,22-23,25H,1-5H3/t8-,20+/m0/s1. The molecule has 1 heterocycles. The van der Waals surface area contributed by atoms with Crippen LogP contribution >= 0.6 is 0 Å². The molecular weight excluding hydrogens is 352 g/mol. The van der Waals surface area contributed by atoms with E-state index in [-0.39, 0.29) is 28.2 Å². The fraction of sp³-hybridized carbons (Fsp3) is 0.400. The van der Waals surface area contributed by atoms with Crippen molar-refractivity contribution >= 4 is 17.1 Å². The van der Waals surface area contributed by atoms with Crippen LogP contribution in [0, 0.1) is 5.41 Å². The van der Waals surface area contributed by atoms with Crippen molar-refractivity contribution in [2.75, 3.05) is 7.11 Å². The first-order chi connectivity index (χ1) is 12.5. The first-order valence-corrected chi connectivity index (χ1v) is 8.57. The van der Waals surface area contributed by atoms with Crippen LogP contribution in [0.15, 0.2) is 17.4 Å². The Hall–Kier alpha value is -2.80. The second kappa shape index (κ2) is 4.92. The molecule has 0 saturated carbocycles. The lowest BCUT2D eigenvalue weighted by molar-refractivity contribution is -0.00670. The van der Waals surface area contributed by atoms with Crippen LogP contribution in [-0.2, 0) is 4.74 Å². The zero-order valence-corrected chi connectivity index (χ0v) is 15.6. The number of fused-ring (bicyclic) bond motifs is 1. The minimum atomic E-state index is -2.03. The van der Waals surface area contributed by atoms with Gasteiger partial charge in [-0.1, -0.05) is 13.8 Å². The number of aromatic hydroxyl groups is 2. The van der Waals surface area contributed by atoms with Crippen LogP contribution in [0.3, 0.4) is 0 Å². The van der Waals surface area contributed by atoms with Crippen LogP contribution in [0.25, 0.3) is 5.57 Å². The Bertz CT molecular complexity index is 1010. The number of phenols is 2. The minimum Gasteiger partial charge on any atom is -0.504 e. The van der Waals surface area contributed by atoms with Crippen LogP contribution in [-0.4, -0.2) is 45.7 Å². The number of carbonyl (C=O) groups excluding carboxylic acids is 2. The van der Waals surface area contributed by atoms with E-state index in [9.17, 15) is 24.9 Å². The molecule has 0 amide bonds. The molecule has 2 aliphatic carbocycles. The molecule has 142 valence electrons. The summed E-state index contributed by atoms with van der Waals surface area (Å²) in [6, 6.07) is 0. The summed E-state index contributed by atoms with van der Waals surface area (Å²) >= 11 is 0. The zero-order valence-electron chi connectivity index (χ0n) is 15.6. The van der Waals surface area contributed by atoms with Crippen LogP contribution in [0.4, 0.5) is 0 Å². The summed E-state index contributed by atoms with van der Waals surface area (Å²) in [6.07, 6.45) is 0.801. The fourth-order valence-electron chi connectivity index (χ4n) is 4.25. The van der Waals surface area contributed by atoms with Gasteiger partial charge in [0.05, 0.1) is 18.2 Å². The highest BCUT2D eigenvalue weighted by molar-refractivity contribution is 6.24. The van der Waals surface area contributed by atoms with E-state index >= 15 is 0 Å². The molecule has 7 heteroatoms. The maximum atomic E-state index is 13.4. The van der Waals surface area contributed by atoms with E-state index in [0.29, 0.717) is 11.1 Å². The summed E-state index contributed by atoms with van der Waals surface area (Å²) in [5.41, 5.74) is -2.53. The third kappa shape index (κ3) is 1.71. The molecule has 0 aromatic heterocycles. The Morgan fingerprint density at radius 1 is 1.11 bits per heavy atom. The number of ketones is 2. The van der Waals surface area contributed by atoms with Gasteiger partial charge in [-0.3, -0.25) is 9.59 Å². The maximum Gasteiger partial charge on any atom is 0.207 e. The van der Waals surface area contributed by atoms with Crippen molar-refractivity contribution < 1.29 is 34.4 Å². The van der Waals surface area contributed by atoms with Crippen LogP contribution < -0.4 is 4.74 Å². The number of ether oxygens (including phenoxy) is 2. The summed E-state index contributed by atoms with van der Waals surface area (Å²) in [5, 5.41) is 32.7. The van der Waals surface area contributed by atoms with Crippen molar-refractivity contribution in [3.8, 4) is 17.2 Å². The largest absolute Gasteiger partial charge is 0.504 e. The highest BCUT2D eigenvalue weighted by Crippen LogP contribution is 2.60. The lowest BCUT2D eigenvalue weighted by Crippen LogP contribution is -2.53. The molecule has 1 fully saturated rings. The van der Waals surface area contributed by atoms with Gasteiger partial charge in [0, 0.05) is 16.6 Å². The molecule has 1 aromatic carbocycles. The molecule has 0 spiro atoms. The molecule has 1 saturated heterocycles. The molecule has 27 heavy (non-hydrogen) atoms. The van der Waals surface area contributed by atoms with Crippen molar-refractivity contribution in [2.45, 2.75) is 39.4 Å². The van der Waals surface area contributed by atoms with Gasteiger partial charge in [0.1, 0.15) is 11.9 Å². The number of hydrogen-bond donors (Lipinski definition) is 3. The summed E-state index contributed by atoms with van der Waals surface area (Å²) in [7, 11) is 1.21. The van der Waals surface area contributed by atoms with Gasteiger partial charge in [-0.15, -0.1) is 0 Å². The van der Waals surface area contributed by atoms with Crippen molar-refractivity contribution in [1.29, 1.82) is 0 Å². The first kappa shape index (κ1) is 17.6. The van der Waals surface area contributed by atoms with Crippen LogP contribution in [0.5, 0.6) is 17.2 Å². The van der Waals surface area contributed by atoms with Gasteiger partial charge < -0.3 is 24.8 Å². The SMILES string of the molecule is COc1c(O)c2c3c(c1O)C(=O)[C@@]1(O)C(=C3C(C)=CC2=O)O[C@@H](C)C1(C)C. The lowest BCUT2D eigenvalue weighted by Gasteiger charge is -2.39. The van der Waals surface area contributed by atoms with Gasteiger partial charge in [-0.25, -0.2) is 0 Å². The van der Waals surface area contributed by atoms with E-state index in [1.807, 2.05) is 0 Å². The van der Waals surface area contributed by atoms with E-state index in [4.69, 9.17) is 9.47 Å². The molecule has 3 aliphatic rings. The monoisotopic (exact) mass is 372 g/mol. The molecular formula is C20H20O7.